The molecule has 158 valence electrons. The van der Waals surface area contributed by atoms with Gasteiger partial charge in [-0.15, -0.1) is 0 Å². The third kappa shape index (κ3) is 4.28. The fourth-order valence-corrected chi connectivity index (χ4v) is 4.10. The summed E-state index contributed by atoms with van der Waals surface area (Å²) in [7, 11) is 1.75. The Labute approximate surface area is 175 Å². The minimum absolute atomic E-state index is 0.0477. The van der Waals surface area contributed by atoms with E-state index in [0.29, 0.717) is 36.0 Å². The van der Waals surface area contributed by atoms with E-state index in [9.17, 15) is 9.59 Å². The van der Waals surface area contributed by atoms with Crippen LogP contribution < -0.4 is 16.4 Å². The first-order chi connectivity index (χ1) is 14.5. The third-order valence-electron chi connectivity index (χ3n) is 5.83. The molecule has 4 rings (SSSR count). The normalized spacial score (nSPS) is 17.3. The summed E-state index contributed by atoms with van der Waals surface area (Å²) in [4.78, 5) is 31.7. The standard InChI is InChI=1S/C22H28N6O2/c1-16-10-11-20(29)28(25-16)14-13-27-12-6-5-7-17(27)15-23-22-24-19-9-4-3-8-18(19)21(30)26(22)2/h3-4,8-11,17H,5-7,12-15H2,1-2H3,(H,23,24). The molecule has 2 aromatic heterocycles. The largest absolute Gasteiger partial charge is 0.354 e. The Balaban J connectivity index is 1.46. The monoisotopic (exact) mass is 408 g/mol. The minimum atomic E-state index is -0.0670. The lowest BCUT2D eigenvalue weighted by molar-refractivity contribution is 0.147. The maximum absolute atomic E-state index is 12.6. The molecule has 0 spiro atoms. The number of hydrogen-bond acceptors (Lipinski definition) is 6. The van der Waals surface area contributed by atoms with E-state index in [2.05, 4.69) is 20.3 Å². The molecule has 0 aliphatic carbocycles. The molecule has 1 aliphatic heterocycles. The number of fused-ring (bicyclic) bond motifs is 1. The molecule has 0 bridgehead atoms. The molecule has 0 saturated carbocycles. The molecule has 1 N–H and O–H groups in total. The van der Waals surface area contributed by atoms with Crippen LogP contribution in [0.2, 0.25) is 0 Å². The highest BCUT2D eigenvalue weighted by molar-refractivity contribution is 5.78. The fourth-order valence-electron chi connectivity index (χ4n) is 4.10. The zero-order chi connectivity index (χ0) is 21.1. The number of hydrogen-bond donors (Lipinski definition) is 1. The van der Waals surface area contributed by atoms with Gasteiger partial charge in [0.2, 0.25) is 5.95 Å². The first-order valence-electron chi connectivity index (χ1n) is 10.5. The third-order valence-corrected chi connectivity index (χ3v) is 5.83. The molecule has 1 unspecified atom stereocenters. The Hall–Kier alpha value is -3.00. The number of anilines is 1. The SMILES string of the molecule is Cc1ccc(=O)n(CCN2CCCCC2CNc2nc3ccccc3c(=O)n2C)n1. The lowest BCUT2D eigenvalue weighted by Gasteiger charge is -2.36. The molecule has 3 heterocycles. The molecule has 1 fully saturated rings. The van der Waals surface area contributed by atoms with E-state index in [4.69, 9.17) is 0 Å². The van der Waals surface area contributed by atoms with Crippen molar-refractivity contribution in [3.63, 3.8) is 0 Å². The van der Waals surface area contributed by atoms with Crippen molar-refractivity contribution in [2.45, 2.75) is 38.8 Å². The summed E-state index contributed by atoms with van der Waals surface area (Å²) in [6.07, 6.45) is 3.40. The predicted molar refractivity (Wildman–Crippen MR) is 118 cm³/mol. The van der Waals surface area contributed by atoms with Crippen LogP contribution in [-0.4, -0.2) is 49.9 Å². The van der Waals surface area contributed by atoms with Crippen LogP contribution in [0.1, 0.15) is 25.0 Å². The molecule has 1 atom stereocenters. The highest BCUT2D eigenvalue weighted by Gasteiger charge is 2.22. The Kier molecular flexibility index (Phi) is 5.94. The van der Waals surface area contributed by atoms with Gasteiger partial charge >= 0.3 is 0 Å². The smallest absolute Gasteiger partial charge is 0.266 e. The van der Waals surface area contributed by atoms with E-state index in [0.717, 1.165) is 31.6 Å². The van der Waals surface area contributed by atoms with Gasteiger partial charge in [-0.2, -0.15) is 5.10 Å². The average molecular weight is 409 g/mol. The van der Waals surface area contributed by atoms with Gasteiger partial charge in [0.05, 0.1) is 23.1 Å². The summed E-state index contributed by atoms with van der Waals surface area (Å²) in [5.74, 6) is 0.584. The highest BCUT2D eigenvalue weighted by Crippen LogP contribution is 2.18. The lowest BCUT2D eigenvalue weighted by Crippen LogP contribution is -2.46. The number of nitrogens with one attached hydrogen (secondary N) is 1. The zero-order valence-electron chi connectivity index (χ0n) is 17.5. The second kappa shape index (κ2) is 8.79. The molecule has 1 aliphatic rings. The summed E-state index contributed by atoms with van der Waals surface area (Å²) >= 11 is 0. The zero-order valence-corrected chi connectivity index (χ0v) is 17.5. The van der Waals surface area contributed by atoms with Gasteiger partial charge < -0.3 is 5.32 Å². The van der Waals surface area contributed by atoms with Crippen LogP contribution in [0.3, 0.4) is 0 Å². The van der Waals surface area contributed by atoms with Crippen LogP contribution in [0.25, 0.3) is 10.9 Å². The molecular formula is C22H28N6O2. The fraction of sp³-hybridized carbons (Fsp3) is 0.455. The summed E-state index contributed by atoms with van der Waals surface area (Å²) in [5.41, 5.74) is 1.43. The van der Waals surface area contributed by atoms with Crippen LogP contribution >= 0.6 is 0 Å². The van der Waals surface area contributed by atoms with Crippen LogP contribution in [0.5, 0.6) is 0 Å². The van der Waals surface area contributed by atoms with Gasteiger partial charge in [0.15, 0.2) is 0 Å². The van der Waals surface area contributed by atoms with Crippen molar-refractivity contribution in [3.05, 3.63) is 62.8 Å². The molecule has 8 nitrogen and oxygen atoms in total. The predicted octanol–water partition coefficient (Wildman–Crippen LogP) is 1.77. The van der Waals surface area contributed by atoms with E-state index in [1.165, 1.54) is 6.42 Å². The number of piperidine rings is 1. The van der Waals surface area contributed by atoms with Gasteiger partial charge in [-0.25, -0.2) is 9.67 Å². The van der Waals surface area contributed by atoms with Crippen LogP contribution in [0.15, 0.2) is 46.0 Å². The summed E-state index contributed by atoms with van der Waals surface area (Å²) < 4.78 is 3.12. The van der Waals surface area contributed by atoms with Crippen molar-refractivity contribution in [2.24, 2.45) is 7.05 Å². The maximum atomic E-state index is 12.6. The van der Waals surface area contributed by atoms with Gasteiger partial charge in [0, 0.05) is 32.2 Å². The number of benzene rings is 1. The molecule has 0 amide bonds. The number of aryl methyl sites for hydroxylation is 1. The van der Waals surface area contributed by atoms with E-state index in [1.807, 2.05) is 25.1 Å². The number of para-hydroxylation sites is 1. The van der Waals surface area contributed by atoms with Gasteiger partial charge in [0.1, 0.15) is 0 Å². The van der Waals surface area contributed by atoms with Gasteiger partial charge in [0.25, 0.3) is 11.1 Å². The maximum Gasteiger partial charge on any atom is 0.266 e. The summed E-state index contributed by atoms with van der Waals surface area (Å²) in [6.45, 7) is 4.94. The second-order valence-electron chi connectivity index (χ2n) is 7.92. The quantitative estimate of drug-likeness (QED) is 0.669. The number of aromatic nitrogens is 4. The average Bonchev–Trinajstić information content (AvgIpc) is 2.76. The van der Waals surface area contributed by atoms with Gasteiger partial charge in [-0.3, -0.25) is 19.1 Å². The number of nitrogens with zero attached hydrogens (tertiary/aromatic N) is 5. The second-order valence-corrected chi connectivity index (χ2v) is 7.92. The van der Waals surface area contributed by atoms with Gasteiger partial charge in [-0.1, -0.05) is 18.6 Å². The summed E-state index contributed by atoms with van der Waals surface area (Å²) in [5, 5.41) is 8.36. The van der Waals surface area contributed by atoms with Crippen molar-refractivity contribution in [1.82, 2.24) is 24.2 Å². The van der Waals surface area contributed by atoms with Crippen LogP contribution in [-0.2, 0) is 13.6 Å². The topological polar surface area (TPSA) is 85.0 Å². The molecular weight excluding hydrogens is 380 g/mol. The Morgan fingerprint density at radius 1 is 1.10 bits per heavy atom. The van der Waals surface area contributed by atoms with Crippen molar-refractivity contribution >= 4 is 16.9 Å². The van der Waals surface area contributed by atoms with E-state index >= 15 is 0 Å². The highest BCUT2D eigenvalue weighted by atomic mass is 16.1. The molecule has 3 aromatic rings. The van der Waals surface area contributed by atoms with Crippen molar-refractivity contribution in [3.8, 4) is 0 Å². The van der Waals surface area contributed by atoms with Crippen molar-refractivity contribution in [2.75, 3.05) is 25.0 Å². The Bertz CT molecular complexity index is 1150. The number of rotatable bonds is 6. The first kappa shape index (κ1) is 20.3. The van der Waals surface area contributed by atoms with E-state index < -0.39 is 0 Å². The molecule has 1 aromatic carbocycles. The summed E-state index contributed by atoms with van der Waals surface area (Å²) in [6, 6.07) is 11.1. The molecule has 30 heavy (non-hydrogen) atoms. The van der Waals surface area contributed by atoms with E-state index in [-0.39, 0.29) is 11.1 Å². The van der Waals surface area contributed by atoms with Crippen LogP contribution in [0.4, 0.5) is 5.95 Å². The first-order valence-corrected chi connectivity index (χ1v) is 10.5. The molecule has 1 saturated heterocycles. The Morgan fingerprint density at radius 3 is 2.80 bits per heavy atom. The van der Waals surface area contributed by atoms with Crippen molar-refractivity contribution in [1.29, 1.82) is 0 Å². The molecule has 0 radical (unpaired) electrons. The number of likely N-dealkylation sites (tertiary alicyclic amines) is 1. The van der Waals surface area contributed by atoms with Crippen molar-refractivity contribution < 1.29 is 0 Å². The van der Waals surface area contributed by atoms with Gasteiger partial charge in [-0.05, 0) is 44.5 Å². The Morgan fingerprint density at radius 2 is 1.93 bits per heavy atom. The lowest BCUT2D eigenvalue weighted by atomic mass is 10.0. The van der Waals surface area contributed by atoms with E-state index in [1.54, 1.807) is 34.5 Å². The molecule has 8 heteroatoms. The van der Waals surface area contributed by atoms with Crippen LogP contribution in [0, 0.1) is 6.92 Å². The minimum Gasteiger partial charge on any atom is -0.354 e.